The number of carbonyl (C=O) groups excluding carboxylic acids is 2. The van der Waals surface area contributed by atoms with Crippen molar-refractivity contribution in [2.75, 3.05) is 11.6 Å². The van der Waals surface area contributed by atoms with Crippen molar-refractivity contribution >= 4 is 17.6 Å². The summed E-state index contributed by atoms with van der Waals surface area (Å²) in [5.74, 6) is -1.50. The molecule has 138 valence electrons. The van der Waals surface area contributed by atoms with E-state index in [1.807, 2.05) is 0 Å². The summed E-state index contributed by atoms with van der Waals surface area (Å²) in [5.41, 5.74) is 5.93. The average Bonchev–Trinajstić information content (AvgIpc) is 2.66. The van der Waals surface area contributed by atoms with E-state index in [0.29, 0.717) is 12.2 Å². The van der Waals surface area contributed by atoms with Crippen molar-refractivity contribution in [3.8, 4) is 0 Å². The molecule has 1 aliphatic rings. The third-order valence-electron chi connectivity index (χ3n) is 4.72. The predicted molar refractivity (Wildman–Crippen MR) is 89.3 cm³/mol. The number of rotatable bonds is 6. The maximum absolute atomic E-state index is 12.0. The molecule has 0 saturated heterocycles. The Kier molecular flexibility index (Phi) is 6.72. The lowest BCUT2D eigenvalue weighted by Gasteiger charge is -2.34. The molecule has 0 bridgehead atoms. The fraction of sp³-hybridized carbons (Fsp3) is 0.588. The SMILES string of the molecule is C[C@@H](C(=O)OOC(=O)CC1(CN)CCCCC1)N(O)c1ccncc1. The number of aromatic nitrogens is 1. The van der Waals surface area contributed by atoms with Gasteiger partial charge < -0.3 is 5.73 Å². The van der Waals surface area contributed by atoms with Gasteiger partial charge in [0.25, 0.3) is 0 Å². The van der Waals surface area contributed by atoms with Gasteiger partial charge in [-0.25, -0.2) is 24.4 Å². The van der Waals surface area contributed by atoms with E-state index in [9.17, 15) is 14.8 Å². The Labute approximate surface area is 146 Å². The predicted octanol–water partition coefficient (Wildman–Crippen LogP) is 1.97. The molecular formula is C17H25N3O5. The van der Waals surface area contributed by atoms with Gasteiger partial charge in [-0.05, 0) is 43.9 Å². The zero-order valence-electron chi connectivity index (χ0n) is 14.4. The summed E-state index contributed by atoms with van der Waals surface area (Å²) < 4.78 is 0. The molecule has 1 aromatic rings. The lowest BCUT2D eigenvalue weighted by molar-refractivity contribution is -0.262. The van der Waals surface area contributed by atoms with Crippen LogP contribution in [0.3, 0.4) is 0 Å². The minimum atomic E-state index is -1.05. The Hall–Kier alpha value is -2.19. The number of pyridine rings is 1. The van der Waals surface area contributed by atoms with Crippen LogP contribution in [0.25, 0.3) is 0 Å². The van der Waals surface area contributed by atoms with Crippen LogP contribution in [0.2, 0.25) is 0 Å². The van der Waals surface area contributed by atoms with Crippen LogP contribution in [-0.2, 0) is 19.4 Å². The second kappa shape index (κ2) is 8.77. The summed E-state index contributed by atoms with van der Waals surface area (Å²) in [6, 6.07) is 2.02. The van der Waals surface area contributed by atoms with Crippen LogP contribution in [-0.4, -0.2) is 34.7 Å². The zero-order chi connectivity index (χ0) is 18.3. The lowest BCUT2D eigenvalue weighted by atomic mass is 9.72. The number of hydroxylamine groups is 1. The Morgan fingerprint density at radius 3 is 2.52 bits per heavy atom. The molecule has 1 aliphatic carbocycles. The number of carbonyl (C=O) groups is 2. The Balaban J connectivity index is 1.83. The van der Waals surface area contributed by atoms with Crippen molar-refractivity contribution in [3.05, 3.63) is 24.5 Å². The van der Waals surface area contributed by atoms with Gasteiger partial charge in [-0.1, -0.05) is 19.3 Å². The zero-order valence-corrected chi connectivity index (χ0v) is 14.4. The second-order valence-electron chi connectivity index (χ2n) is 6.53. The summed E-state index contributed by atoms with van der Waals surface area (Å²) in [6.45, 7) is 1.83. The van der Waals surface area contributed by atoms with Crippen molar-refractivity contribution in [3.63, 3.8) is 0 Å². The molecule has 1 saturated carbocycles. The fourth-order valence-corrected chi connectivity index (χ4v) is 3.07. The number of nitrogens with two attached hydrogens (primary N) is 1. The van der Waals surface area contributed by atoms with Crippen LogP contribution in [0.4, 0.5) is 5.69 Å². The summed E-state index contributed by atoms with van der Waals surface area (Å²) in [4.78, 5) is 37.0. The fourth-order valence-electron chi connectivity index (χ4n) is 3.07. The highest BCUT2D eigenvalue weighted by Crippen LogP contribution is 2.38. The number of anilines is 1. The standard InChI is InChI=1S/C17H25N3O5/c1-13(20(23)14-5-9-19-10-6-14)16(22)25-24-15(21)11-17(12-18)7-3-2-4-8-17/h5-6,9-10,13,23H,2-4,7-8,11-12,18H2,1H3/t13-/m0/s1. The molecular weight excluding hydrogens is 326 g/mol. The molecule has 0 aromatic carbocycles. The molecule has 1 aromatic heterocycles. The van der Waals surface area contributed by atoms with E-state index < -0.39 is 18.0 Å². The van der Waals surface area contributed by atoms with Gasteiger partial charge in [0.15, 0.2) is 6.04 Å². The molecule has 3 N–H and O–H groups in total. The molecule has 8 heteroatoms. The van der Waals surface area contributed by atoms with E-state index >= 15 is 0 Å². The highest BCUT2D eigenvalue weighted by Gasteiger charge is 2.34. The Morgan fingerprint density at radius 2 is 1.92 bits per heavy atom. The van der Waals surface area contributed by atoms with Gasteiger partial charge in [-0.2, -0.15) is 0 Å². The van der Waals surface area contributed by atoms with Crippen molar-refractivity contribution in [1.29, 1.82) is 0 Å². The van der Waals surface area contributed by atoms with Gasteiger partial charge in [0.2, 0.25) is 0 Å². The minimum absolute atomic E-state index is 0.123. The second-order valence-corrected chi connectivity index (χ2v) is 6.53. The van der Waals surface area contributed by atoms with Crippen molar-refractivity contribution < 1.29 is 24.6 Å². The highest BCUT2D eigenvalue weighted by atomic mass is 17.2. The monoisotopic (exact) mass is 351 g/mol. The lowest BCUT2D eigenvalue weighted by Crippen LogP contribution is -2.39. The molecule has 8 nitrogen and oxygen atoms in total. The largest absolute Gasteiger partial charge is 0.380 e. The molecule has 2 rings (SSSR count). The van der Waals surface area contributed by atoms with E-state index in [1.165, 1.54) is 31.5 Å². The van der Waals surface area contributed by atoms with E-state index in [1.54, 1.807) is 0 Å². The molecule has 0 spiro atoms. The third kappa shape index (κ3) is 5.14. The van der Waals surface area contributed by atoms with E-state index in [-0.39, 0.29) is 11.8 Å². The van der Waals surface area contributed by atoms with Gasteiger partial charge in [0, 0.05) is 12.4 Å². The van der Waals surface area contributed by atoms with E-state index in [0.717, 1.165) is 37.2 Å². The average molecular weight is 351 g/mol. The quantitative estimate of drug-likeness (QED) is 0.590. The maximum atomic E-state index is 12.0. The van der Waals surface area contributed by atoms with Gasteiger partial charge in [-0.15, -0.1) is 0 Å². The summed E-state index contributed by atoms with van der Waals surface area (Å²) in [5, 5.41) is 10.7. The molecule has 25 heavy (non-hydrogen) atoms. The van der Waals surface area contributed by atoms with Crippen LogP contribution in [0, 0.1) is 5.41 Å². The number of hydrogen-bond acceptors (Lipinski definition) is 8. The third-order valence-corrected chi connectivity index (χ3v) is 4.72. The van der Waals surface area contributed by atoms with Gasteiger partial charge in [0.05, 0.1) is 12.1 Å². The first-order chi connectivity index (χ1) is 12.0. The van der Waals surface area contributed by atoms with Crippen LogP contribution >= 0.6 is 0 Å². The molecule has 0 amide bonds. The number of hydrogen-bond donors (Lipinski definition) is 2. The topological polar surface area (TPSA) is 115 Å². The highest BCUT2D eigenvalue weighted by molar-refractivity contribution is 5.79. The maximum Gasteiger partial charge on any atom is 0.380 e. The summed E-state index contributed by atoms with van der Waals surface area (Å²) in [6.07, 6.45) is 8.04. The molecule has 0 aliphatic heterocycles. The van der Waals surface area contributed by atoms with Crippen molar-refractivity contribution in [2.45, 2.75) is 51.5 Å². The smallest absolute Gasteiger partial charge is 0.330 e. The first-order valence-corrected chi connectivity index (χ1v) is 8.47. The van der Waals surface area contributed by atoms with Crippen LogP contribution in [0.1, 0.15) is 45.4 Å². The van der Waals surface area contributed by atoms with Crippen molar-refractivity contribution in [2.24, 2.45) is 11.1 Å². The molecule has 1 heterocycles. The first kappa shape index (κ1) is 19.1. The molecule has 1 fully saturated rings. The number of nitrogens with zero attached hydrogens (tertiary/aromatic N) is 2. The minimum Gasteiger partial charge on any atom is -0.330 e. The van der Waals surface area contributed by atoms with Crippen LogP contribution in [0.15, 0.2) is 24.5 Å². The molecule has 0 radical (unpaired) electrons. The summed E-state index contributed by atoms with van der Waals surface area (Å²) in [7, 11) is 0. The van der Waals surface area contributed by atoms with Crippen LogP contribution in [0.5, 0.6) is 0 Å². The normalized spacial score (nSPS) is 17.4. The molecule has 0 unspecified atom stereocenters. The Bertz CT molecular complexity index is 575. The van der Waals surface area contributed by atoms with E-state index in [2.05, 4.69) is 14.8 Å². The first-order valence-electron chi connectivity index (χ1n) is 8.47. The van der Waals surface area contributed by atoms with Crippen LogP contribution < -0.4 is 10.8 Å². The van der Waals surface area contributed by atoms with Gasteiger partial charge >= 0.3 is 11.9 Å². The van der Waals surface area contributed by atoms with Crippen molar-refractivity contribution in [1.82, 2.24) is 4.98 Å². The Morgan fingerprint density at radius 1 is 1.28 bits per heavy atom. The summed E-state index contributed by atoms with van der Waals surface area (Å²) >= 11 is 0. The van der Waals surface area contributed by atoms with Gasteiger partial charge in [0.1, 0.15) is 0 Å². The van der Waals surface area contributed by atoms with Gasteiger partial charge in [-0.3, -0.25) is 10.2 Å². The van der Waals surface area contributed by atoms with E-state index in [4.69, 9.17) is 5.73 Å². The molecule has 1 atom stereocenters.